The summed E-state index contributed by atoms with van der Waals surface area (Å²) in [5.41, 5.74) is 8.69. The number of morpholine rings is 1. The summed E-state index contributed by atoms with van der Waals surface area (Å²) in [6, 6.07) is 6.21. The van der Waals surface area contributed by atoms with E-state index in [0.717, 1.165) is 56.5 Å². The maximum Gasteiger partial charge on any atom is 0.410 e. The van der Waals surface area contributed by atoms with Gasteiger partial charge in [0.1, 0.15) is 5.60 Å². The van der Waals surface area contributed by atoms with Crippen LogP contribution in [0.1, 0.15) is 20.8 Å². The number of hydrogen-bond donors (Lipinski definition) is 1. The first kappa shape index (κ1) is 18.6. The second-order valence-corrected chi connectivity index (χ2v) is 7.84. The highest BCUT2D eigenvalue weighted by atomic mass is 16.6. The van der Waals surface area contributed by atoms with Crippen LogP contribution in [0.15, 0.2) is 18.2 Å². The summed E-state index contributed by atoms with van der Waals surface area (Å²) >= 11 is 0. The van der Waals surface area contributed by atoms with E-state index in [4.69, 9.17) is 15.2 Å². The highest BCUT2D eigenvalue weighted by Crippen LogP contribution is 2.28. The minimum Gasteiger partial charge on any atom is -0.444 e. The Labute approximate surface area is 155 Å². The van der Waals surface area contributed by atoms with E-state index in [2.05, 4.69) is 15.9 Å². The first-order valence-corrected chi connectivity index (χ1v) is 9.28. The molecule has 7 nitrogen and oxygen atoms in total. The Morgan fingerprint density at radius 2 is 1.50 bits per heavy atom. The van der Waals surface area contributed by atoms with E-state index in [1.54, 1.807) is 4.90 Å². The fourth-order valence-electron chi connectivity index (χ4n) is 3.28. The maximum absolute atomic E-state index is 12.2. The molecule has 2 N–H and O–H groups in total. The molecule has 0 atom stereocenters. The summed E-state index contributed by atoms with van der Waals surface area (Å²) in [7, 11) is 0. The molecule has 0 radical (unpaired) electrons. The fraction of sp³-hybridized carbons (Fsp3) is 0.632. The molecule has 2 fully saturated rings. The molecule has 1 amide bonds. The quantitative estimate of drug-likeness (QED) is 0.813. The molecule has 7 heteroatoms. The topological polar surface area (TPSA) is 71.3 Å². The zero-order valence-corrected chi connectivity index (χ0v) is 16.0. The predicted molar refractivity (Wildman–Crippen MR) is 104 cm³/mol. The third kappa shape index (κ3) is 4.72. The number of piperazine rings is 1. The van der Waals surface area contributed by atoms with Crippen LogP contribution in [-0.4, -0.2) is 69.1 Å². The van der Waals surface area contributed by atoms with Crippen LogP contribution < -0.4 is 15.5 Å². The molecule has 1 aromatic rings. The summed E-state index contributed by atoms with van der Waals surface area (Å²) in [5.74, 6) is 0. The van der Waals surface area contributed by atoms with E-state index in [0.29, 0.717) is 13.1 Å². The molecule has 3 rings (SSSR count). The van der Waals surface area contributed by atoms with Crippen LogP contribution in [-0.2, 0) is 9.47 Å². The maximum atomic E-state index is 12.2. The van der Waals surface area contributed by atoms with Crippen LogP contribution in [0.5, 0.6) is 0 Å². The number of benzene rings is 1. The van der Waals surface area contributed by atoms with Crippen molar-refractivity contribution in [3.05, 3.63) is 18.2 Å². The molecular formula is C19H30N4O3. The summed E-state index contributed by atoms with van der Waals surface area (Å²) < 4.78 is 10.9. The van der Waals surface area contributed by atoms with Crippen LogP contribution in [0, 0.1) is 0 Å². The van der Waals surface area contributed by atoms with Crippen molar-refractivity contribution in [3.63, 3.8) is 0 Å². The molecule has 1 aromatic carbocycles. The van der Waals surface area contributed by atoms with E-state index in [1.807, 2.05) is 32.9 Å². The minimum absolute atomic E-state index is 0.237. The monoisotopic (exact) mass is 362 g/mol. The normalized spacial score (nSPS) is 18.8. The predicted octanol–water partition coefficient (Wildman–Crippen LogP) is 2.16. The lowest BCUT2D eigenvalue weighted by atomic mass is 10.2. The standard InChI is InChI=1S/C19H30N4O3/c1-19(2,3)26-18(24)23-6-4-21(5-7-23)16-12-15(20)13-17(14-16)22-8-10-25-11-9-22/h12-14H,4-11,20H2,1-3H3. The summed E-state index contributed by atoms with van der Waals surface area (Å²) in [6.07, 6.45) is -0.237. The lowest BCUT2D eigenvalue weighted by Crippen LogP contribution is -2.50. The van der Waals surface area contributed by atoms with Crippen molar-refractivity contribution in [2.24, 2.45) is 0 Å². The van der Waals surface area contributed by atoms with Gasteiger partial charge >= 0.3 is 6.09 Å². The third-order valence-electron chi connectivity index (χ3n) is 4.60. The molecule has 0 bridgehead atoms. The molecule has 26 heavy (non-hydrogen) atoms. The van der Waals surface area contributed by atoms with Gasteiger partial charge in [0.2, 0.25) is 0 Å². The Hall–Kier alpha value is -2.15. The van der Waals surface area contributed by atoms with Gasteiger partial charge in [0.25, 0.3) is 0 Å². The van der Waals surface area contributed by atoms with Gasteiger partial charge in [-0.3, -0.25) is 0 Å². The van der Waals surface area contributed by atoms with Crippen LogP contribution in [0.4, 0.5) is 21.9 Å². The Bertz CT molecular complexity index is 630. The van der Waals surface area contributed by atoms with Crippen LogP contribution >= 0.6 is 0 Å². The van der Waals surface area contributed by atoms with Gasteiger partial charge in [-0.25, -0.2) is 4.79 Å². The van der Waals surface area contributed by atoms with Crippen molar-refractivity contribution in [2.75, 3.05) is 68.0 Å². The molecule has 0 saturated carbocycles. The van der Waals surface area contributed by atoms with Gasteiger partial charge in [-0.15, -0.1) is 0 Å². The number of nitrogens with zero attached hydrogens (tertiary/aromatic N) is 3. The van der Waals surface area contributed by atoms with E-state index in [-0.39, 0.29) is 6.09 Å². The Balaban J connectivity index is 1.64. The van der Waals surface area contributed by atoms with Gasteiger partial charge in [0, 0.05) is 56.3 Å². The lowest BCUT2D eigenvalue weighted by Gasteiger charge is -2.37. The van der Waals surface area contributed by atoms with Crippen molar-refractivity contribution in [1.82, 2.24) is 4.90 Å². The highest BCUT2D eigenvalue weighted by Gasteiger charge is 2.26. The lowest BCUT2D eigenvalue weighted by molar-refractivity contribution is 0.0240. The Morgan fingerprint density at radius 3 is 2.04 bits per heavy atom. The number of carbonyl (C=O) groups is 1. The number of rotatable bonds is 2. The number of carbonyl (C=O) groups excluding carboxylic acids is 1. The first-order chi connectivity index (χ1) is 12.3. The van der Waals surface area contributed by atoms with Crippen LogP contribution in [0.2, 0.25) is 0 Å². The average molecular weight is 362 g/mol. The molecule has 0 aliphatic carbocycles. The second-order valence-electron chi connectivity index (χ2n) is 7.84. The number of hydrogen-bond acceptors (Lipinski definition) is 6. The molecule has 0 unspecified atom stereocenters. The molecular weight excluding hydrogens is 332 g/mol. The minimum atomic E-state index is -0.463. The zero-order chi connectivity index (χ0) is 18.7. The molecule has 0 aromatic heterocycles. The summed E-state index contributed by atoms with van der Waals surface area (Å²) in [5, 5.41) is 0. The van der Waals surface area contributed by atoms with Gasteiger partial charge in [0.15, 0.2) is 0 Å². The van der Waals surface area contributed by atoms with Crippen molar-refractivity contribution in [1.29, 1.82) is 0 Å². The average Bonchev–Trinajstić information content (AvgIpc) is 2.61. The van der Waals surface area contributed by atoms with Gasteiger partial charge in [-0.05, 0) is 39.0 Å². The van der Waals surface area contributed by atoms with Gasteiger partial charge in [-0.2, -0.15) is 0 Å². The first-order valence-electron chi connectivity index (χ1n) is 9.28. The smallest absolute Gasteiger partial charge is 0.410 e. The van der Waals surface area contributed by atoms with Crippen molar-refractivity contribution < 1.29 is 14.3 Å². The molecule has 2 saturated heterocycles. The number of nitrogens with two attached hydrogens (primary N) is 1. The van der Waals surface area contributed by atoms with Crippen molar-refractivity contribution in [3.8, 4) is 0 Å². The van der Waals surface area contributed by atoms with E-state index in [9.17, 15) is 4.79 Å². The number of anilines is 3. The number of ether oxygens (including phenoxy) is 2. The summed E-state index contributed by atoms with van der Waals surface area (Å²) in [6.45, 7) is 11.8. The number of amides is 1. The second kappa shape index (κ2) is 7.61. The number of nitrogen functional groups attached to an aromatic ring is 1. The Kier molecular flexibility index (Phi) is 5.46. The SMILES string of the molecule is CC(C)(C)OC(=O)N1CCN(c2cc(N)cc(N3CCOCC3)c2)CC1. The van der Waals surface area contributed by atoms with Crippen LogP contribution in [0.3, 0.4) is 0 Å². The van der Waals surface area contributed by atoms with Gasteiger partial charge in [0.05, 0.1) is 13.2 Å². The highest BCUT2D eigenvalue weighted by molar-refractivity contribution is 5.70. The van der Waals surface area contributed by atoms with Crippen molar-refractivity contribution >= 4 is 23.2 Å². The fourth-order valence-corrected chi connectivity index (χ4v) is 3.28. The molecule has 2 aliphatic rings. The molecule has 2 aliphatic heterocycles. The third-order valence-corrected chi connectivity index (χ3v) is 4.60. The summed E-state index contributed by atoms with van der Waals surface area (Å²) in [4.78, 5) is 18.6. The zero-order valence-electron chi connectivity index (χ0n) is 16.0. The Morgan fingerprint density at radius 1 is 0.962 bits per heavy atom. The molecule has 0 spiro atoms. The van der Waals surface area contributed by atoms with E-state index >= 15 is 0 Å². The van der Waals surface area contributed by atoms with Gasteiger partial charge < -0.3 is 29.9 Å². The van der Waals surface area contributed by atoms with Crippen LogP contribution in [0.25, 0.3) is 0 Å². The molecule has 2 heterocycles. The molecule has 144 valence electrons. The largest absolute Gasteiger partial charge is 0.444 e. The van der Waals surface area contributed by atoms with E-state index in [1.165, 1.54) is 0 Å². The van der Waals surface area contributed by atoms with E-state index < -0.39 is 5.60 Å². The van der Waals surface area contributed by atoms with Gasteiger partial charge in [-0.1, -0.05) is 0 Å². The van der Waals surface area contributed by atoms with Crippen molar-refractivity contribution in [2.45, 2.75) is 26.4 Å².